The van der Waals surface area contributed by atoms with E-state index in [2.05, 4.69) is 20.9 Å². The smallest absolute Gasteiger partial charge is 0.336 e. The van der Waals surface area contributed by atoms with Gasteiger partial charge in [-0.05, 0) is 49.4 Å². The third-order valence-electron chi connectivity index (χ3n) is 3.69. The van der Waals surface area contributed by atoms with E-state index in [0.717, 1.165) is 58.7 Å². The lowest BCUT2D eigenvalue weighted by atomic mass is 9.97. The first-order valence-corrected chi connectivity index (χ1v) is 7.30. The van der Waals surface area contributed by atoms with Gasteiger partial charge in [-0.1, -0.05) is 22.4 Å². The zero-order valence-electron chi connectivity index (χ0n) is 10.4. The maximum Gasteiger partial charge on any atom is 0.336 e. The van der Waals surface area contributed by atoms with E-state index in [4.69, 9.17) is 0 Å². The maximum absolute atomic E-state index is 11.7. The summed E-state index contributed by atoms with van der Waals surface area (Å²) in [5.74, 6) is -0.844. The number of aromatic carboxylic acids is 1. The zero-order chi connectivity index (χ0) is 13.4. The van der Waals surface area contributed by atoms with Crippen LogP contribution >= 0.6 is 15.9 Å². The molecule has 1 aliphatic rings. The number of hydrogen-bond donors (Lipinski definition) is 1. The SMILES string of the molecule is O=C(O)c1c2c(nc3ccc(Br)cc13)CCCCC2. The number of carboxylic acid groups (broad SMARTS) is 1. The molecule has 0 atom stereocenters. The Morgan fingerprint density at radius 2 is 2.00 bits per heavy atom. The van der Waals surface area contributed by atoms with Gasteiger partial charge in [0.15, 0.2) is 0 Å². The number of pyridine rings is 1. The van der Waals surface area contributed by atoms with Crippen molar-refractivity contribution in [3.63, 3.8) is 0 Å². The summed E-state index contributed by atoms with van der Waals surface area (Å²) in [5, 5.41) is 10.3. The van der Waals surface area contributed by atoms with Crippen LogP contribution in [0.4, 0.5) is 0 Å². The van der Waals surface area contributed by atoms with Crippen LogP contribution < -0.4 is 0 Å². The molecule has 0 radical (unpaired) electrons. The standard InChI is InChI=1S/C15H14BrNO2/c16-9-6-7-13-11(8-9)14(15(18)19)10-4-2-1-3-5-12(10)17-13/h6-8H,1-5H2,(H,18,19). The van der Waals surface area contributed by atoms with Gasteiger partial charge in [0.05, 0.1) is 11.1 Å². The Morgan fingerprint density at radius 3 is 2.79 bits per heavy atom. The first-order valence-electron chi connectivity index (χ1n) is 6.51. The molecule has 0 unspecified atom stereocenters. The van der Waals surface area contributed by atoms with Crippen molar-refractivity contribution < 1.29 is 9.90 Å². The molecule has 1 heterocycles. The minimum absolute atomic E-state index is 0.447. The molecular weight excluding hydrogens is 306 g/mol. The molecule has 0 spiro atoms. The summed E-state index contributed by atoms with van der Waals surface area (Å²) in [6.07, 6.45) is 5.01. The van der Waals surface area contributed by atoms with E-state index >= 15 is 0 Å². The number of rotatable bonds is 1. The fourth-order valence-electron chi connectivity index (χ4n) is 2.82. The van der Waals surface area contributed by atoms with E-state index < -0.39 is 5.97 Å². The van der Waals surface area contributed by atoms with Gasteiger partial charge in [0.1, 0.15) is 0 Å². The van der Waals surface area contributed by atoms with Crippen LogP contribution in [0.15, 0.2) is 22.7 Å². The van der Waals surface area contributed by atoms with E-state index in [-0.39, 0.29) is 0 Å². The normalized spacial score (nSPS) is 15.0. The van der Waals surface area contributed by atoms with Gasteiger partial charge in [-0.2, -0.15) is 0 Å². The van der Waals surface area contributed by atoms with Crippen LogP contribution in [0.5, 0.6) is 0 Å². The Labute approximate surface area is 119 Å². The van der Waals surface area contributed by atoms with Gasteiger partial charge in [0, 0.05) is 15.6 Å². The van der Waals surface area contributed by atoms with Crippen LogP contribution in [0, 0.1) is 0 Å². The number of aromatic nitrogens is 1. The monoisotopic (exact) mass is 319 g/mol. The van der Waals surface area contributed by atoms with Gasteiger partial charge in [-0.3, -0.25) is 4.98 Å². The average molecular weight is 320 g/mol. The topological polar surface area (TPSA) is 50.2 Å². The van der Waals surface area contributed by atoms with Crippen molar-refractivity contribution in [3.05, 3.63) is 39.5 Å². The van der Waals surface area contributed by atoms with Crippen LogP contribution in [0.25, 0.3) is 10.9 Å². The van der Waals surface area contributed by atoms with E-state index in [1.807, 2.05) is 18.2 Å². The quantitative estimate of drug-likeness (QED) is 0.809. The second-order valence-electron chi connectivity index (χ2n) is 4.94. The number of carboxylic acids is 1. The highest BCUT2D eigenvalue weighted by Gasteiger charge is 2.21. The Bertz CT molecular complexity index is 667. The lowest BCUT2D eigenvalue weighted by Crippen LogP contribution is -2.08. The van der Waals surface area contributed by atoms with E-state index in [9.17, 15) is 9.90 Å². The summed E-state index contributed by atoms with van der Waals surface area (Å²) in [6.45, 7) is 0. The lowest BCUT2D eigenvalue weighted by molar-refractivity contribution is 0.0697. The summed E-state index contributed by atoms with van der Waals surface area (Å²) < 4.78 is 0.887. The van der Waals surface area contributed by atoms with Crippen molar-refractivity contribution in [3.8, 4) is 0 Å². The average Bonchev–Trinajstić information content (AvgIpc) is 2.60. The molecule has 0 saturated carbocycles. The second kappa shape index (κ2) is 4.93. The van der Waals surface area contributed by atoms with Gasteiger partial charge >= 0.3 is 5.97 Å². The molecule has 0 amide bonds. The number of halogens is 1. The molecule has 98 valence electrons. The van der Waals surface area contributed by atoms with Gasteiger partial charge in [-0.15, -0.1) is 0 Å². The number of benzene rings is 1. The number of aryl methyl sites for hydroxylation is 1. The van der Waals surface area contributed by atoms with Crippen molar-refractivity contribution in [2.45, 2.75) is 32.1 Å². The van der Waals surface area contributed by atoms with Crippen LogP contribution in [-0.4, -0.2) is 16.1 Å². The number of nitrogens with zero attached hydrogens (tertiary/aromatic N) is 1. The summed E-state index contributed by atoms with van der Waals surface area (Å²) in [4.78, 5) is 16.3. The van der Waals surface area contributed by atoms with E-state index in [1.54, 1.807) is 0 Å². The molecule has 4 heteroatoms. The Hall–Kier alpha value is -1.42. The summed E-state index contributed by atoms with van der Waals surface area (Å²) >= 11 is 3.41. The van der Waals surface area contributed by atoms with Crippen molar-refractivity contribution in [1.82, 2.24) is 4.98 Å². The summed E-state index contributed by atoms with van der Waals surface area (Å²) in [7, 11) is 0. The number of hydrogen-bond acceptors (Lipinski definition) is 2. The summed E-state index contributed by atoms with van der Waals surface area (Å²) in [5.41, 5.74) is 3.14. The highest BCUT2D eigenvalue weighted by Crippen LogP contribution is 2.30. The van der Waals surface area contributed by atoms with Crippen LogP contribution in [0.1, 0.15) is 40.9 Å². The molecule has 1 aromatic heterocycles. The van der Waals surface area contributed by atoms with Crippen molar-refractivity contribution in [2.75, 3.05) is 0 Å². The Balaban J connectivity index is 2.37. The van der Waals surface area contributed by atoms with Crippen molar-refractivity contribution in [2.24, 2.45) is 0 Å². The number of fused-ring (bicyclic) bond motifs is 2. The van der Waals surface area contributed by atoms with E-state index in [1.165, 1.54) is 0 Å². The fourth-order valence-corrected chi connectivity index (χ4v) is 3.18. The molecule has 0 fully saturated rings. The predicted molar refractivity (Wildman–Crippen MR) is 77.7 cm³/mol. The molecular formula is C15H14BrNO2. The minimum Gasteiger partial charge on any atom is -0.478 e. The van der Waals surface area contributed by atoms with E-state index in [0.29, 0.717) is 5.56 Å². The van der Waals surface area contributed by atoms with Gasteiger partial charge in [0.25, 0.3) is 0 Å². The second-order valence-corrected chi connectivity index (χ2v) is 5.86. The molecule has 1 aromatic carbocycles. The van der Waals surface area contributed by atoms with Crippen LogP contribution in [0.2, 0.25) is 0 Å². The molecule has 0 bridgehead atoms. The lowest BCUT2D eigenvalue weighted by Gasteiger charge is -2.12. The van der Waals surface area contributed by atoms with Crippen LogP contribution in [0.3, 0.4) is 0 Å². The highest BCUT2D eigenvalue weighted by molar-refractivity contribution is 9.10. The molecule has 0 aliphatic heterocycles. The minimum atomic E-state index is -0.844. The maximum atomic E-state index is 11.7. The Morgan fingerprint density at radius 1 is 1.21 bits per heavy atom. The molecule has 0 saturated heterocycles. The molecule has 3 nitrogen and oxygen atoms in total. The fraction of sp³-hybridized carbons (Fsp3) is 0.333. The predicted octanol–water partition coefficient (Wildman–Crippen LogP) is 3.96. The first-order chi connectivity index (χ1) is 9.16. The number of carbonyl (C=O) groups is 1. The largest absolute Gasteiger partial charge is 0.478 e. The first kappa shape index (κ1) is 12.6. The highest BCUT2D eigenvalue weighted by atomic mass is 79.9. The molecule has 1 N–H and O–H groups in total. The molecule has 2 aromatic rings. The third kappa shape index (κ3) is 2.25. The summed E-state index contributed by atoms with van der Waals surface area (Å²) in [6, 6.07) is 5.65. The third-order valence-corrected chi connectivity index (χ3v) is 4.18. The molecule has 19 heavy (non-hydrogen) atoms. The van der Waals surface area contributed by atoms with Gasteiger partial charge < -0.3 is 5.11 Å². The zero-order valence-corrected chi connectivity index (χ0v) is 12.0. The Kier molecular flexibility index (Phi) is 3.27. The van der Waals surface area contributed by atoms with Crippen LogP contribution in [-0.2, 0) is 12.8 Å². The van der Waals surface area contributed by atoms with Crippen molar-refractivity contribution >= 4 is 32.8 Å². The molecule has 1 aliphatic carbocycles. The van der Waals surface area contributed by atoms with Crippen molar-refractivity contribution in [1.29, 1.82) is 0 Å². The van der Waals surface area contributed by atoms with Gasteiger partial charge in [0.2, 0.25) is 0 Å². The molecule has 3 rings (SSSR count). The van der Waals surface area contributed by atoms with Gasteiger partial charge in [-0.25, -0.2) is 4.79 Å².